The van der Waals surface area contributed by atoms with Crippen LogP contribution in [0.3, 0.4) is 0 Å². The second kappa shape index (κ2) is 16.2. The van der Waals surface area contributed by atoms with Crippen LogP contribution in [0.25, 0.3) is 6.08 Å². The van der Waals surface area contributed by atoms with E-state index in [1.165, 1.54) is 26.1 Å². The summed E-state index contributed by atoms with van der Waals surface area (Å²) in [5, 5.41) is 19.2. The first-order chi connectivity index (χ1) is 21.3. The quantitative estimate of drug-likeness (QED) is 0.376. The molecule has 244 valence electrons. The molecular formula is C33H41F3N4O5. The van der Waals surface area contributed by atoms with E-state index in [0.717, 1.165) is 28.2 Å². The molecule has 4 atom stereocenters. The second-order valence-electron chi connectivity index (χ2n) is 10.9. The molecule has 2 aromatic rings. The number of allylic oxidation sites excluding steroid dienone is 1. The molecule has 0 fully saturated rings. The highest BCUT2D eigenvalue weighted by atomic mass is 19.4. The van der Waals surface area contributed by atoms with Crippen LogP contribution in [-0.4, -0.2) is 78.7 Å². The number of hydrogen-bond acceptors (Lipinski definition) is 6. The number of hydrogen-bond donors (Lipinski definition) is 4. The van der Waals surface area contributed by atoms with Crippen LogP contribution in [0.1, 0.15) is 43.9 Å². The number of rotatable bonds is 5. The van der Waals surface area contributed by atoms with Crippen LogP contribution in [0.2, 0.25) is 0 Å². The Morgan fingerprint density at radius 2 is 1.80 bits per heavy atom. The van der Waals surface area contributed by atoms with Crippen molar-refractivity contribution in [2.75, 3.05) is 26.7 Å². The SMILES string of the molecule is CCC=C(C)C1NCCOc2ccccc2C=CCNC(=O)C(Cc2ccc(C(F)(F)F)cc2)NC(=O)C(C(C)O)N(C)C1=O. The molecule has 12 heteroatoms. The van der Waals surface area contributed by atoms with Gasteiger partial charge in [0.25, 0.3) is 0 Å². The number of amides is 3. The summed E-state index contributed by atoms with van der Waals surface area (Å²) >= 11 is 0. The van der Waals surface area contributed by atoms with E-state index in [0.29, 0.717) is 24.3 Å². The molecule has 1 heterocycles. The molecular weight excluding hydrogens is 589 g/mol. The number of carbonyl (C=O) groups excluding carboxylic acids is 3. The first kappa shape index (κ1) is 35.3. The number of ether oxygens (including phenoxy) is 1. The summed E-state index contributed by atoms with van der Waals surface area (Å²) in [4.78, 5) is 41.9. The highest BCUT2D eigenvalue weighted by Gasteiger charge is 2.37. The number of benzene rings is 2. The van der Waals surface area contributed by atoms with Crippen molar-refractivity contribution in [1.82, 2.24) is 20.9 Å². The summed E-state index contributed by atoms with van der Waals surface area (Å²) in [5.74, 6) is -1.27. The number of fused-ring (bicyclic) bond motifs is 1. The molecule has 1 aliphatic heterocycles. The van der Waals surface area contributed by atoms with Gasteiger partial charge in [0.05, 0.1) is 11.7 Å². The fourth-order valence-corrected chi connectivity index (χ4v) is 5.06. The zero-order chi connectivity index (χ0) is 33.1. The maximum absolute atomic E-state index is 13.8. The Labute approximate surface area is 261 Å². The molecule has 0 saturated carbocycles. The molecule has 1 aliphatic rings. The van der Waals surface area contributed by atoms with Gasteiger partial charge in [0.2, 0.25) is 17.7 Å². The van der Waals surface area contributed by atoms with Crippen molar-refractivity contribution < 1.29 is 37.4 Å². The van der Waals surface area contributed by atoms with E-state index in [2.05, 4.69) is 16.0 Å². The summed E-state index contributed by atoms with van der Waals surface area (Å²) < 4.78 is 45.3. The number of nitrogens with zero attached hydrogens (tertiary/aromatic N) is 1. The lowest BCUT2D eigenvalue weighted by atomic mass is 10.0. The lowest BCUT2D eigenvalue weighted by Gasteiger charge is -2.33. The molecule has 0 spiro atoms. The van der Waals surface area contributed by atoms with Gasteiger partial charge >= 0.3 is 6.18 Å². The van der Waals surface area contributed by atoms with E-state index >= 15 is 0 Å². The fraction of sp³-hybridized carbons (Fsp3) is 0.424. The molecule has 0 aromatic heterocycles. The largest absolute Gasteiger partial charge is 0.492 e. The third-order valence-corrected chi connectivity index (χ3v) is 7.39. The molecule has 9 nitrogen and oxygen atoms in total. The minimum Gasteiger partial charge on any atom is -0.492 e. The second-order valence-corrected chi connectivity index (χ2v) is 10.9. The van der Waals surface area contributed by atoms with E-state index in [9.17, 15) is 32.7 Å². The van der Waals surface area contributed by atoms with Gasteiger partial charge in [-0.3, -0.25) is 19.7 Å². The third-order valence-electron chi connectivity index (χ3n) is 7.39. The molecule has 4 N–H and O–H groups in total. The zero-order valence-electron chi connectivity index (χ0n) is 25.9. The molecule has 0 saturated heterocycles. The van der Waals surface area contributed by atoms with Crippen LogP contribution in [-0.2, 0) is 27.0 Å². The highest BCUT2D eigenvalue weighted by molar-refractivity contribution is 5.94. The highest BCUT2D eigenvalue weighted by Crippen LogP contribution is 2.29. The Morgan fingerprint density at radius 1 is 1.11 bits per heavy atom. The van der Waals surface area contributed by atoms with Crippen LogP contribution >= 0.6 is 0 Å². The van der Waals surface area contributed by atoms with Crippen molar-refractivity contribution in [3.63, 3.8) is 0 Å². The Morgan fingerprint density at radius 3 is 2.44 bits per heavy atom. The fourth-order valence-electron chi connectivity index (χ4n) is 5.06. The number of aliphatic hydroxyl groups is 1. The first-order valence-corrected chi connectivity index (χ1v) is 14.8. The number of alkyl halides is 3. The van der Waals surface area contributed by atoms with Crippen molar-refractivity contribution in [1.29, 1.82) is 0 Å². The van der Waals surface area contributed by atoms with Crippen LogP contribution < -0.4 is 20.7 Å². The number of likely N-dealkylation sites (N-methyl/N-ethyl adjacent to an activating group) is 1. The average molecular weight is 631 g/mol. The van der Waals surface area contributed by atoms with E-state index in [1.807, 2.05) is 31.2 Å². The number of halogens is 3. The molecule has 45 heavy (non-hydrogen) atoms. The van der Waals surface area contributed by atoms with E-state index < -0.39 is 53.7 Å². The molecule has 4 unspecified atom stereocenters. The topological polar surface area (TPSA) is 120 Å². The number of nitrogens with one attached hydrogen (secondary N) is 3. The number of carbonyl (C=O) groups is 3. The molecule has 0 bridgehead atoms. The van der Waals surface area contributed by atoms with Gasteiger partial charge in [0.15, 0.2) is 0 Å². The summed E-state index contributed by atoms with van der Waals surface area (Å²) in [6.45, 7) is 5.70. The van der Waals surface area contributed by atoms with Gasteiger partial charge in [-0.05, 0) is 44.0 Å². The molecule has 0 aliphatic carbocycles. The summed E-state index contributed by atoms with van der Waals surface area (Å²) in [7, 11) is 1.40. The average Bonchev–Trinajstić information content (AvgIpc) is 2.98. The van der Waals surface area contributed by atoms with Gasteiger partial charge in [-0.2, -0.15) is 13.2 Å². The van der Waals surface area contributed by atoms with Crippen molar-refractivity contribution in [3.05, 3.63) is 82.9 Å². The van der Waals surface area contributed by atoms with Crippen LogP contribution in [0.5, 0.6) is 5.75 Å². The minimum absolute atomic E-state index is 0.0804. The van der Waals surface area contributed by atoms with Gasteiger partial charge in [0.1, 0.15) is 30.5 Å². The van der Waals surface area contributed by atoms with Crippen molar-refractivity contribution >= 4 is 23.8 Å². The van der Waals surface area contributed by atoms with Crippen LogP contribution in [0, 0.1) is 0 Å². The third kappa shape index (κ3) is 9.92. The molecule has 2 aromatic carbocycles. The maximum Gasteiger partial charge on any atom is 0.416 e. The van der Waals surface area contributed by atoms with Crippen molar-refractivity contribution in [2.24, 2.45) is 0 Å². The van der Waals surface area contributed by atoms with Gasteiger partial charge in [-0.15, -0.1) is 0 Å². The van der Waals surface area contributed by atoms with Gasteiger partial charge in [0, 0.05) is 32.1 Å². The van der Waals surface area contributed by atoms with Crippen LogP contribution in [0.15, 0.2) is 66.3 Å². The summed E-state index contributed by atoms with van der Waals surface area (Å²) in [6.07, 6.45) is 0.0452. The minimum atomic E-state index is -4.53. The Hall–Kier alpha value is -4.16. The molecule has 3 rings (SSSR count). The number of para-hydroxylation sites is 1. The van der Waals surface area contributed by atoms with E-state index in [1.54, 1.807) is 25.1 Å². The number of aliphatic hydroxyl groups excluding tert-OH is 1. The van der Waals surface area contributed by atoms with Gasteiger partial charge in [-0.25, -0.2) is 0 Å². The molecule has 3 amide bonds. The van der Waals surface area contributed by atoms with Crippen molar-refractivity contribution in [2.45, 2.75) is 64.0 Å². The summed E-state index contributed by atoms with van der Waals surface area (Å²) in [6, 6.07) is 8.19. The monoisotopic (exact) mass is 630 g/mol. The lowest BCUT2D eigenvalue weighted by molar-refractivity contribution is -0.144. The lowest BCUT2D eigenvalue weighted by Crippen LogP contribution is -2.60. The zero-order valence-corrected chi connectivity index (χ0v) is 25.9. The standard InChI is InChI=1S/C33H41F3N4O5/c1-5-9-21(2)28-32(44)40(4)29(22(3)41)31(43)39-26(20-23-13-15-25(16-14-23)33(34,35)36)30(42)38-17-8-11-24-10-6-7-12-27(24)45-19-18-37-28/h6-16,22,26,28-29,37,41H,5,17-20H2,1-4H3,(H,38,42)(H,39,43). The van der Waals surface area contributed by atoms with Crippen LogP contribution in [0.4, 0.5) is 13.2 Å². The maximum atomic E-state index is 13.8. The predicted molar refractivity (Wildman–Crippen MR) is 165 cm³/mol. The Kier molecular flexibility index (Phi) is 12.7. The van der Waals surface area contributed by atoms with Gasteiger partial charge in [-0.1, -0.05) is 61.1 Å². The van der Waals surface area contributed by atoms with E-state index in [4.69, 9.17) is 4.74 Å². The Balaban J connectivity index is 1.99. The van der Waals surface area contributed by atoms with E-state index in [-0.39, 0.29) is 19.6 Å². The first-order valence-electron chi connectivity index (χ1n) is 14.8. The van der Waals surface area contributed by atoms with Crippen molar-refractivity contribution in [3.8, 4) is 5.75 Å². The molecule has 0 radical (unpaired) electrons. The predicted octanol–water partition coefficient (Wildman–Crippen LogP) is 3.48. The Bertz CT molecular complexity index is 1380. The van der Waals surface area contributed by atoms with Gasteiger partial charge < -0.3 is 25.4 Å². The summed E-state index contributed by atoms with van der Waals surface area (Å²) in [5.41, 5.74) is 1.01. The smallest absolute Gasteiger partial charge is 0.416 e. The normalized spacial score (nSPS) is 22.0.